The van der Waals surface area contributed by atoms with E-state index < -0.39 is 30.1 Å². The number of amides is 1. The first-order valence-electron chi connectivity index (χ1n) is 7.15. The van der Waals surface area contributed by atoms with Crippen molar-refractivity contribution >= 4 is 17.5 Å². The average Bonchev–Trinajstić information content (AvgIpc) is 2.55. The van der Waals surface area contributed by atoms with Gasteiger partial charge in [0.15, 0.2) is 6.61 Å². The summed E-state index contributed by atoms with van der Waals surface area (Å²) in [6, 6.07) is 8.37. The SMILES string of the molecule is CN(Cc1c(F)cccc1Cl)C(=O)COc1cccc(C(F)(F)F)c1. The molecule has 0 aliphatic rings. The molecule has 25 heavy (non-hydrogen) atoms. The Kier molecular flexibility index (Phi) is 5.89. The normalized spacial score (nSPS) is 11.3. The van der Waals surface area contributed by atoms with E-state index in [1.165, 1.54) is 42.3 Å². The van der Waals surface area contributed by atoms with Gasteiger partial charge < -0.3 is 9.64 Å². The van der Waals surface area contributed by atoms with Crippen LogP contribution in [-0.2, 0) is 17.5 Å². The van der Waals surface area contributed by atoms with Gasteiger partial charge in [0.25, 0.3) is 5.91 Å². The standard InChI is InChI=1S/C17H14ClF4NO2/c1-23(9-13-14(18)6-3-7-15(13)19)16(24)10-25-12-5-2-4-11(8-12)17(20,21)22/h2-8H,9-10H2,1H3. The molecule has 8 heteroatoms. The van der Waals surface area contributed by atoms with Gasteiger partial charge in [-0.3, -0.25) is 4.79 Å². The first-order valence-corrected chi connectivity index (χ1v) is 7.53. The minimum atomic E-state index is -4.50. The zero-order valence-corrected chi connectivity index (χ0v) is 13.9. The largest absolute Gasteiger partial charge is 0.484 e. The van der Waals surface area contributed by atoms with Crippen LogP contribution >= 0.6 is 11.6 Å². The molecule has 3 nitrogen and oxygen atoms in total. The van der Waals surface area contributed by atoms with Crippen LogP contribution in [0.25, 0.3) is 0 Å². The van der Waals surface area contributed by atoms with Gasteiger partial charge in [-0.05, 0) is 30.3 Å². The summed E-state index contributed by atoms with van der Waals surface area (Å²) < 4.78 is 56.7. The molecule has 0 N–H and O–H groups in total. The number of rotatable bonds is 5. The summed E-state index contributed by atoms with van der Waals surface area (Å²) in [6.07, 6.45) is -4.50. The van der Waals surface area contributed by atoms with Gasteiger partial charge in [0.2, 0.25) is 0 Å². The Morgan fingerprint density at radius 3 is 2.52 bits per heavy atom. The molecule has 0 saturated carbocycles. The molecule has 2 aromatic rings. The number of benzene rings is 2. The molecule has 0 aromatic heterocycles. The molecule has 0 aliphatic carbocycles. The van der Waals surface area contributed by atoms with Crippen LogP contribution in [0, 0.1) is 5.82 Å². The fraction of sp³-hybridized carbons (Fsp3) is 0.235. The molecule has 0 heterocycles. The predicted octanol–water partition coefficient (Wildman–Crippen LogP) is 4.54. The number of hydrogen-bond donors (Lipinski definition) is 0. The summed E-state index contributed by atoms with van der Waals surface area (Å²) in [5.41, 5.74) is -0.719. The molecule has 0 spiro atoms. The lowest BCUT2D eigenvalue weighted by Gasteiger charge is -2.19. The number of carbonyl (C=O) groups is 1. The molecular weight excluding hydrogens is 362 g/mol. The van der Waals surface area contributed by atoms with Crippen LogP contribution in [0.1, 0.15) is 11.1 Å². The number of halogens is 5. The fourth-order valence-electron chi connectivity index (χ4n) is 2.03. The van der Waals surface area contributed by atoms with Crippen molar-refractivity contribution in [3.8, 4) is 5.75 Å². The van der Waals surface area contributed by atoms with Gasteiger partial charge >= 0.3 is 6.18 Å². The maximum atomic E-state index is 13.7. The number of hydrogen-bond acceptors (Lipinski definition) is 2. The van der Waals surface area contributed by atoms with Crippen molar-refractivity contribution < 1.29 is 27.1 Å². The zero-order chi connectivity index (χ0) is 18.6. The van der Waals surface area contributed by atoms with Crippen LogP contribution in [-0.4, -0.2) is 24.5 Å². The number of nitrogens with zero attached hydrogens (tertiary/aromatic N) is 1. The molecule has 0 radical (unpaired) electrons. The van der Waals surface area contributed by atoms with Crippen molar-refractivity contribution in [3.05, 3.63) is 64.4 Å². The molecule has 134 valence electrons. The van der Waals surface area contributed by atoms with Crippen LogP contribution in [0.15, 0.2) is 42.5 Å². The van der Waals surface area contributed by atoms with Crippen LogP contribution in [0.4, 0.5) is 17.6 Å². The summed E-state index contributed by atoms with van der Waals surface area (Å²) >= 11 is 5.90. The van der Waals surface area contributed by atoms with Crippen molar-refractivity contribution in [2.24, 2.45) is 0 Å². The molecular formula is C17H14ClF4NO2. The molecule has 0 aliphatic heterocycles. The van der Waals surface area contributed by atoms with Gasteiger partial charge in [-0.15, -0.1) is 0 Å². The Bertz CT molecular complexity index is 744. The maximum Gasteiger partial charge on any atom is 0.416 e. The lowest BCUT2D eigenvalue weighted by atomic mass is 10.2. The molecule has 0 bridgehead atoms. The highest BCUT2D eigenvalue weighted by atomic mass is 35.5. The number of ether oxygens (including phenoxy) is 1. The topological polar surface area (TPSA) is 29.5 Å². The average molecular weight is 376 g/mol. The van der Waals surface area contributed by atoms with Gasteiger partial charge in [0.1, 0.15) is 11.6 Å². The van der Waals surface area contributed by atoms with E-state index in [-0.39, 0.29) is 22.9 Å². The first kappa shape index (κ1) is 19.1. The van der Waals surface area contributed by atoms with E-state index in [9.17, 15) is 22.4 Å². The number of alkyl halides is 3. The van der Waals surface area contributed by atoms with Crippen LogP contribution < -0.4 is 4.74 Å². The number of carbonyl (C=O) groups excluding carboxylic acids is 1. The highest BCUT2D eigenvalue weighted by Crippen LogP contribution is 2.31. The second-order valence-electron chi connectivity index (χ2n) is 5.26. The molecule has 0 fully saturated rings. The highest BCUT2D eigenvalue weighted by Gasteiger charge is 2.30. The lowest BCUT2D eigenvalue weighted by molar-refractivity contribution is -0.137. The van der Waals surface area contributed by atoms with Gasteiger partial charge in [0, 0.05) is 24.2 Å². The highest BCUT2D eigenvalue weighted by molar-refractivity contribution is 6.31. The second kappa shape index (κ2) is 7.74. The Balaban J connectivity index is 1.98. The van der Waals surface area contributed by atoms with Gasteiger partial charge in [-0.25, -0.2) is 4.39 Å². The molecule has 1 amide bonds. The van der Waals surface area contributed by atoms with Crippen molar-refractivity contribution in [1.82, 2.24) is 4.90 Å². The van der Waals surface area contributed by atoms with Gasteiger partial charge in [0.05, 0.1) is 5.56 Å². The van der Waals surface area contributed by atoms with Crippen molar-refractivity contribution in [3.63, 3.8) is 0 Å². The number of likely N-dealkylation sites (N-methyl/N-ethyl adjacent to an activating group) is 1. The monoisotopic (exact) mass is 375 g/mol. The molecule has 2 rings (SSSR count). The van der Waals surface area contributed by atoms with Crippen LogP contribution in [0.5, 0.6) is 5.75 Å². The third-order valence-electron chi connectivity index (χ3n) is 3.41. The molecule has 0 atom stereocenters. The van der Waals surface area contributed by atoms with Crippen molar-refractivity contribution in [1.29, 1.82) is 0 Å². The van der Waals surface area contributed by atoms with Crippen molar-refractivity contribution in [2.45, 2.75) is 12.7 Å². The van der Waals surface area contributed by atoms with E-state index >= 15 is 0 Å². The zero-order valence-electron chi connectivity index (χ0n) is 13.1. The first-order chi connectivity index (χ1) is 11.7. The third-order valence-corrected chi connectivity index (χ3v) is 3.76. The summed E-state index contributed by atoms with van der Waals surface area (Å²) in [5, 5.41) is 0.179. The smallest absolute Gasteiger partial charge is 0.416 e. The predicted molar refractivity (Wildman–Crippen MR) is 84.8 cm³/mol. The summed E-state index contributed by atoms with van der Waals surface area (Å²) in [6.45, 7) is -0.569. The van der Waals surface area contributed by atoms with E-state index in [2.05, 4.69) is 0 Å². The lowest BCUT2D eigenvalue weighted by Crippen LogP contribution is -2.31. The fourth-order valence-corrected chi connectivity index (χ4v) is 2.25. The summed E-state index contributed by atoms with van der Waals surface area (Å²) in [4.78, 5) is 13.2. The van der Waals surface area contributed by atoms with E-state index in [0.717, 1.165) is 12.1 Å². The van der Waals surface area contributed by atoms with Crippen LogP contribution in [0.2, 0.25) is 5.02 Å². The quantitative estimate of drug-likeness (QED) is 0.718. The van der Waals surface area contributed by atoms with Gasteiger partial charge in [-0.2, -0.15) is 13.2 Å². The molecule has 0 unspecified atom stereocenters. The van der Waals surface area contributed by atoms with E-state index in [1.54, 1.807) is 0 Å². The maximum absolute atomic E-state index is 13.7. The Morgan fingerprint density at radius 2 is 1.88 bits per heavy atom. The van der Waals surface area contributed by atoms with E-state index in [0.29, 0.717) is 0 Å². The second-order valence-corrected chi connectivity index (χ2v) is 5.67. The van der Waals surface area contributed by atoms with Gasteiger partial charge in [-0.1, -0.05) is 23.7 Å². The third kappa shape index (κ3) is 5.09. The minimum Gasteiger partial charge on any atom is -0.484 e. The van der Waals surface area contributed by atoms with E-state index in [4.69, 9.17) is 16.3 Å². The van der Waals surface area contributed by atoms with Crippen molar-refractivity contribution in [2.75, 3.05) is 13.7 Å². The Labute approximate surface area is 146 Å². The molecule has 0 saturated heterocycles. The Hall–Kier alpha value is -2.28. The molecule has 2 aromatic carbocycles. The van der Waals surface area contributed by atoms with E-state index in [1.807, 2.05) is 0 Å². The summed E-state index contributed by atoms with van der Waals surface area (Å²) in [7, 11) is 1.42. The summed E-state index contributed by atoms with van der Waals surface area (Å²) in [5.74, 6) is -1.16. The minimum absolute atomic E-state index is 0.0829. The Morgan fingerprint density at radius 1 is 1.20 bits per heavy atom. The van der Waals surface area contributed by atoms with Crippen LogP contribution in [0.3, 0.4) is 0 Å².